The van der Waals surface area contributed by atoms with Gasteiger partial charge in [-0.05, 0) is 6.92 Å². The van der Waals surface area contributed by atoms with Gasteiger partial charge < -0.3 is 4.74 Å². The molecule has 0 saturated carbocycles. The Morgan fingerprint density at radius 3 is 3.17 bits per heavy atom. The Morgan fingerprint density at radius 1 is 1.43 bits per heavy atom. The molecule has 0 unspecified atom stereocenters. The molecule has 8 heteroatoms. The number of thiazole rings is 2. The summed E-state index contributed by atoms with van der Waals surface area (Å²) >= 11 is 3.12. The fourth-order valence-corrected chi connectivity index (χ4v) is 4.37. The molecule has 1 aliphatic heterocycles. The van der Waals surface area contributed by atoms with Crippen molar-refractivity contribution in [2.24, 2.45) is 0 Å². The Bertz CT molecular complexity index is 871. The SMILES string of the molecule is Cc1csc2nc(CN3CCO[C@@H](c4nccs4)C3)cc(=O)n12. The zero-order valence-electron chi connectivity index (χ0n) is 12.6. The first-order valence-electron chi connectivity index (χ1n) is 7.41. The van der Waals surface area contributed by atoms with Gasteiger partial charge in [-0.15, -0.1) is 22.7 Å². The van der Waals surface area contributed by atoms with Gasteiger partial charge in [-0.3, -0.25) is 14.1 Å². The van der Waals surface area contributed by atoms with Crippen molar-refractivity contribution in [3.63, 3.8) is 0 Å². The van der Waals surface area contributed by atoms with E-state index in [0.717, 1.165) is 34.4 Å². The lowest BCUT2D eigenvalue weighted by Crippen LogP contribution is -2.38. The second-order valence-electron chi connectivity index (χ2n) is 5.55. The Hall–Kier alpha value is -1.61. The molecule has 0 N–H and O–H groups in total. The van der Waals surface area contributed by atoms with Crippen molar-refractivity contribution in [1.29, 1.82) is 0 Å². The van der Waals surface area contributed by atoms with Gasteiger partial charge in [0, 0.05) is 48.4 Å². The topological polar surface area (TPSA) is 59.7 Å². The van der Waals surface area contributed by atoms with Gasteiger partial charge in [-0.25, -0.2) is 9.97 Å². The molecule has 1 saturated heterocycles. The fraction of sp³-hybridized carbons (Fsp3) is 0.400. The molecule has 1 aliphatic rings. The van der Waals surface area contributed by atoms with E-state index in [4.69, 9.17) is 4.74 Å². The molecule has 6 nitrogen and oxygen atoms in total. The Morgan fingerprint density at radius 2 is 2.35 bits per heavy atom. The summed E-state index contributed by atoms with van der Waals surface area (Å²) in [5.74, 6) is 0. The van der Waals surface area contributed by atoms with Gasteiger partial charge in [0.05, 0.1) is 12.3 Å². The molecule has 1 fully saturated rings. The molecule has 0 aliphatic carbocycles. The number of ether oxygens (including phenoxy) is 1. The van der Waals surface area contributed by atoms with Gasteiger partial charge >= 0.3 is 0 Å². The maximum absolute atomic E-state index is 12.3. The maximum atomic E-state index is 12.3. The summed E-state index contributed by atoms with van der Waals surface area (Å²) in [5, 5.41) is 4.93. The number of aryl methyl sites for hydroxylation is 1. The normalized spacial score (nSPS) is 19.4. The number of fused-ring (bicyclic) bond motifs is 1. The molecule has 4 heterocycles. The van der Waals surface area contributed by atoms with Gasteiger partial charge in [0.25, 0.3) is 5.56 Å². The molecule has 0 spiro atoms. The summed E-state index contributed by atoms with van der Waals surface area (Å²) in [6.45, 7) is 4.87. The number of nitrogens with zero attached hydrogens (tertiary/aromatic N) is 4. The van der Waals surface area contributed by atoms with Crippen LogP contribution in [0.4, 0.5) is 0 Å². The Balaban J connectivity index is 1.54. The van der Waals surface area contributed by atoms with Crippen LogP contribution < -0.4 is 5.56 Å². The zero-order valence-corrected chi connectivity index (χ0v) is 14.3. The van der Waals surface area contributed by atoms with E-state index in [1.807, 2.05) is 17.7 Å². The van der Waals surface area contributed by atoms with E-state index in [-0.39, 0.29) is 11.7 Å². The predicted octanol–water partition coefficient (Wildman–Crippen LogP) is 2.09. The molecule has 0 aromatic carbocycles. The van der Waals surface area contributed by atoms with E-state index in [0.29, 0.717) is 13.2 Å². The first kappa shape index (κ1) is 14.9. The number of morpholine rings is 1. The minimum Gasteiger partial charge on any atom is -0.368 e. The van der Waals surface area contributed by atoms with Crippen LogP contribution in [-0.2, 0) is 11.3 Å². The van der Waals surface area contributed by atoms with Crippen molar-refractivity contribution in [2.45, 2.75) is 19.6 Å². The molecular weight excluding hydrogens is 332 g/mol. The molecule has 23 heavy (non-hydrogen) atoms. The van der Waals surface area contributed by atoms with Gasteiger partial charge in [0.1, 0.15) is 11.1 Å². The molecule has 3 aromatic heterocycles. The van der Waals surface area contributed by atoms with Crippen molar-refractivity contribution < 1.29 is 4.74 Å². The van der Waals surface area contributed by atoms with Crippen molar-refractivity contribution in [2.75, 3.05) is 19.7 Å². The average molecular weight is 348 g/mol. The highest BCUT2D eigenvalue weighted by Gasteiger charge is 2.24. The van der Waals surface area contributed by atoms with E-state index < -0.39 is 0 Å². The van der Waals surface area contributed by atoms with Crippen molar-refractivity contribution >= 4 is 27.6 Å². The van der Waals surface area contributed by atoms with Crippen molar-refractivity contribution in [3.8, 4) is 0 Å². The van der Waals surface area contributed by atoms with Crippen LogP contribution in [0.3, 0.4) is 0 Å². The van der Waals surface area contributed by atoms with E-state index in [9.17, 15) is 4.79 Å². The monoisotopic (exact) mass is 348 g/mol. The van der Waals surface area contributed by atoms with Crippen LogP contribution in [0.1, 0.15) is 22.5 Å². The van der Waals surface area contributed by atoms with Crippen LogP contribution >= 0.6 is 22.7 Å². The van der Waals surface area contributed by atoms with Crippen LogP contribution in [-0.4, -0.2) is 39.0 Å². The lowest BCUT2D eigenvalue weighted by Gasteiger charge is -2.31. The van der Waals surface area contributed by atoms with Gasteiger partial charge in [-0.2, -0.15) is 0 Å². The molecular formula is C15H16N4O2S2. The van der Waals surface area contributed by atoms with Crippen molar-refractivity contribution in [3.05, 3.63) is 49.8 Å². The number of rotatable bonds is 3. The van der Waals surface area contributed by atoms with E-state index >= 15 is 0 Å². The summed E-state index contributed by atoms with van der Waals surface area (Å²) in [4.78, 5) is 24.2. The molecule has 0 amide bonds. The van der Waals surface area contributed by atoms with Gasteiger partial charge in [0.2, 0.25) is 0 Å². The zero-order chi connectivity index (χ0) is 15.8. The third kappa shape index (κ3) is 2.94. The number of aromatic nitrogens is 3. The maximum Gasteiger partial charge on any atom is 0.259 e. The third-order valence-electron chi connectivity index (χ3n) is 3.89. The second kappa shape index (κ2) is 6.12. The molecule has 120 valence electrons. The largest absolute Gasteiger partial charge is 0.368 e. The lowest BCUT2D eigenvalue weighted by molar-refractivity contribution is -0.0333. The molecule has 0 radical (unpaired) electrons. The van der Waals surface area contributed by atoms with E-state index in [1.54, 1.807) is 28.0 Å². The second-order valence-corrected chi connectivity index (χ2v) is 7.31. The minimum atomic E-state index is -0.00603. The summed E-state index contributed by atoms with van der Waals surface area (Å²) in [6, 6.07) is 1.64. The van der Waals surface area contributed by atoms with Crippen LogP contribution in [0.25, 0.3) is 4.96 Å². The molecule has 0 bridgehead atoms. The molecule has 1 atom stereocenters. The van der Waals surface area contributed by atoms with E-state index in [1.165, 1.54) is 11.3 Å². The van der Waals surface area contributed by atoms with Crippen LogP contribution in [0.15, 0.2) is 27.8 Å². The fourth-order valence-electron chi connectivity index (χ4n) is 2.80. The Labute approximate surface area is 141 Å². The highest BCUT2D eigenvalue weighted by molar-refractivity contribution is 7.15. The highest BCUT2D eigenvalue weighted by Crippen LogP contribution is 2.24. The first-order valence-corrected chi connectivity index (χ1v) is 9.17. The summed E-state index contributed by atoms with van der Waals surface area (Å²) in [5.41, 5.74) is 1.74. The lowest BCUT2D eigenvalue weighted by atomic mass is 10.2. The van der Waals surface area contributed by atoms with Gasteiger partial charge in [0.15, 0.2) is 4.96 Å². The van der Waals surface area contributed by atoms with Crippen molar-refractivity contribution in [1.82, 2.24) is 19.3 Å². The predicted molar refractivity (Wildman–Crippen MR) is 90.2 cm³/mol. The average Bonchev–Trinajstić information content (AvgIpc) is 3.18. The van der Waals surface area contributed by atoms with Crippen LogP contribution in [0.5, 0.6) is 0 Å². The number of hydrogen-bond acceptors (Lipinski definition) is 7. The van der Waals surface area contributed by atoms with E-state index in [2.05, 4.69) is 14.9 Å². The van der Waals surface area contributed by atoms with Crippen LogP contribution in [0.2, 0.25) is 0 Å². The standard InChI is InChI=1S/C15H16N4O2S2/c1-10-9-23-15-17-11(6-13(20)19(10)15)7-18-3-4-21-12(8-18)14-16-2-5-22-14/h2,5-6,9,12H,3-4,7-8H2,1H3/t12-/m1/s1. The quantitative estimate of drug-likeness (QED) is 0.725. The molecule has 4 rings (SSSR count). The third-order valence-corrected chi connectivity index (χ3v) is 5.70. The van der Waals surface area contributed by atoms with Crippen LogP contribution in [0, 0.1) is 6.92 Å². The Kier molecular flexibility index (Phi) is 3.98. The summed E-state index contributed by atoms with van der Waals surface area (Å²) in [6.07, 6.45) is 1.82. The summed E-state index contributed by atoms with van der Waals surface area (Å²) < 4.78 is 7.47. The minimum absolute atomic E-state index is 0.00603. The highest BCUT2D eigenvalue weighted by atomic mass is 32.1. The van der Waals surface area contributed by atoms with Gasteiger partial charge in [-0.1, -0.05) is 0 Å². The summed E-state index contributed by atoms with van der Waals surface area (Å²) in [7, 11) is 0. The first-order chi connectivity index (χ1) is 11.2. The smallest absolute Gasteiger partial charge is 0.259 e. The number of hydrogen-bond donors (Lipinski definition) is 0. The molecule has 3 aromatic rings.